The number of ether oxygens (including phenoxy) is 3. The molecule has 4 rings (SSSR count). The highest BCUT2D eigenvalue weighted by Crippen LogP contribution is 2.43. The van der Waals surface area contributed by atoms with Crippen molar-refractivity contribution < 1.29 is 23.0 Å². The molecule has 3 fully saturated rings. The van der Waals surface area contributed by atoms with E-state index in [0.29, 0.717) is 42.1 Å². The van der Waals surface area contributed by atoms with E-state index in [1.807, 2.05) is 0 Å². The number of benzene rings is 1. The molecule has 0 amide bonds. The van der Waals surface area contributed by atoms with Crippen LogP contribution in [0.2, 0.25) is 0 Å². The van der Waals surface area contributed by atoms with Gasteiger partial charge in [0.05, 0.1) is 32.0 Å². The summed E-state index contributed by atoms with van der Waals surface area (Å²) in [5.74, 6) is 0.343. The van der Waals surface area contributed by atoms with Gasteiger partial charge < -0.3 is 14.2 Å². The first-order valence-corrected chi connectivity index (χ1v) is 12.9. The van der Waals surface area contributed by atoms with Gasteiger partial charge in [0, 0.05) is 0 Å². The fourth-order valence-corrected chi connectivity index (χ4v) is 6.21. The van der Waals surface area contributed by atoms with E-state index in [4.69, 9.17) is 14.2 Å². The van der Waals surface area contributed by atoms with Crippen LogP contribution in [0.3, 0.4) is 0 Å². The molecule has 1 saturated carbocycles. The van der Waals surface area contributed by atoms with Crippen LogP contribution in [-0.2, 0) is 9.47 Å². The van der Waals surface area contributed by atoms with E-state index in [0.717, 1.165) is 45.3 Å². The van der Waals surface area contributed by atoms with Crippen LogP contribution in [0.4, 0.5) is 8.78 Å². The van der Waals surface area contributed by atoms with Crippen LogP contribution in [0.5, 0.6) is 5.75 Å². The van der Waals surface area contributed by atoms with E-state index < -0.39 is 11.6 Å². The first-order chi connectivity index (χ1) is 15.6. The van der Waals surface area contributed by atoms with Crippen LogP contribution >= 0.6 is 0 Å². The van der Waals surface area contributed by atoms with Crippen molar-refractivity contribution in [2.75, 3.05) is 19.8 Å². The molecular weight excluding hydrogens is 410 g/mol. The Hall–Kier alpha value is -1.20. The van der Waals surface area contributed by atoms with E-state index >= 15 is 0 Å². The summed E-state index contributed by atoms with van der Waals surface area (Å²) in [5, 5.41) is 0. The molecule has 0 spiro atoms. The number of rotatable bonds is 7. The van der Waals surface area contributed by atoms with Gasteiger partial charge >= 0.3 is 0 Å². The average Bonchev–Trinajstić information content (AvgIpc) is 2.83. The zero-order chi connectivity index (χ0) is 22.5. The maximum absolute atomic E-state index is 14.6. The third kappa shape index (κ3) is 5.47. The fourth-order valence-electron chi connectivity index (χ4n) is 6.21. The molecule has 1 aliphatic carbocycles. The fraction of sp³-hybridized carbons (Fsp3) is 0.778. The molecule has 0 N–H and O–H groups in total. The van der Waals surface area contributed by atoms with Crippen LogP contribution in [-0.4, -0.2) is 32.0 Å². The highest BCUT2D eigenvalue weighted by Gasteiger charge is 2.36. The molecule has 3 nitrogen and oxygen atoms in total. The van der Waals surface area contributed by atoms with Crippen LogP contribution in [0.15, 0.2) is 12.1 Å². The Bertz CT molecular complexity index is 716. The first-order valence-electron chi connectivity index (χ1n) is 12.9. The average molecular weight is 451 g/mol. The SMILES string of the molecule is CCCC1CCC(C2CCC(C3CCC(c4ccc(OCC)c(F)c4F)CC3)OC2)CO1. The van der Waals surface area contributed by atoms with Crippen molar-refractivity contribution in [1.29, 1.82) is 0 Å². The predicted molar refractivity (Wildman–Crippen MR) is 122 cm³/mol. The zero-order valence-corrected chi connectivity index (χ0v) is 19.8. The molecule has 2 aliphatic heterocycles. The molecule has 2 saturated heterocycles. The van der Waals surface area contributed by atoms with E-state index in [-0.39, 0.29) is 11.7 Å². The normalized spacial score (nSPS) is 33.8. The van der Waals surface area contributed by atoms with Gasteiger partial charge in [-0.2, -0.15) is 4.39 Å². The molecule has 0 radical (unpaired) electrons. The molecule has 32 heavy (non-hydrogen) atoms. The number of halogens is 2. The van der Waals surface area contributed by atoms with Gasteiger partial charge in [0.1, 0.15) is 0 Å². The molecule has 1 aromatic carbocycles. The van der Waals surface area contributed by atoms with Crippen molar-refractivity contribution in [2.45, 2.75) is 96.2 Å². The topological polar surface area (TPSA) is 27.7 Å². The summed E-state index contributed by atoms with van der Waals surface area (Å²) in [7, 11) is 0. The Labute approximate surface area is 192 Å². The summed E-state index contributed by atoms with van der Waals surface area (Å²) in [5.41, 5.74) is 0.507. The lowest BCUT2D eigenvalue weighted by Crippen LogP contribution is -2.39. The lowest BCUT2D eigenvalue weighted by atomic mass is 9.74. The van der Waals surface area contributed by atoms with Gasteiger partial charge in [0.25, 0.3) is 0 Å². The monoisotopic (exact) mass is 450 g/mol. The summed E-state index contributed by atoms with van der Waals surface area (Å²) in [6.45, 7) is 6.09. The highest BCUT2D eigenvalue weighted by atomic mass is 19.2. The van der Waals surface area contributed by atoms with Crippen LogP contribution in [0.1, 0.15) is 89.5 Å². The Morgan fingerprint density at radius 2 is 1.50 bits per heavy atom. The quantitative estimate of drug-likeness (QED) is 0.446. The molecule has 4 atom stereocenters. The van der Waals surface area contributed by atoms with Crippen molar-refractivity contribution in [3.8, 4) is 5.75 Å². The standard InChI is InChI=1S/C27H40F2O3/c1-3-5-22-12-10-20(16-31-22)21-11-14-24(32-17-21)19-8-6-18(7-9-19)23-13-15-25(30-4-2)27(29)26(23)28/h13,15,18-22,24H,3-12,14,16-17H2,1-2H3. The van der Waals surface area contributed by atoms with Gasteiger partial charge in [-0.3, -0.25) is 0 Å². The number of hydrogen-bond donors (Lipinski definition) is 0. The van der Waals surface area contributed by atoms with Gasteiger partial charge in [-0.25, -0.2) is 4.39 Å². The molecule has 0 bridgehead atoms. The largest absolute Gasteiger partial charge is 0.491 e. The van der Waals surface area contributed by atoms with Crippen molar-refractivity contribution in [3.05, 3.63) is 29.3 Å². The second kappa shape index (κ2) is 11.3. The third-order valence-electron chi connectivity index (χ3n) is 8.14. The van der Waals surface area contributed by atoms with E-state index in [9.17, 15) is 8.78 Å². The Morgan fingerprint density at radius 1 is 0.812 bits per heavy atom. The molecule has 0 aromatic heterocycles. The molecule has 5 heteroatoms. The minimum atomic E-state index is -0.846. The molecule has 3 aliphatic rings. The van der Waals surface area contributed by atoms with Crippen molar-refractivity contribution in [2.24, 2.45) is 17.8 Å². The summed E-state index contributed by atoms with van der Waals surface area (Å²) in [6.07, 6.45) is 11.9. The Kier molecular flexibility index (Phi) is 8.44. The summed E-state index contributed by atoms with van der Waals surface area (Å²) >= 11 is 0. The second-order valence-corrected chi connectivity index (χ2v) is 10.1. The Balaban J connectivity index is 1.23. The Morgan fingerprint density at radius 3 is 2.09 bits per heavy atom. The maximum atomic E-state index is 14.6. The molecule has 180 valence electrons. The van der Waals surface area contributed by atoms with E-state index in [1.165, 1.54) is 32.1 Å². The second-order valence-electron chi connectivity index (χ2n) is 10.1. The number of hydrogen-bond acceptors (Lipinski definition) is 3. The van der Waals surface area contributed by atoms with Gasteiger partial charge in [-0.15, -0.1) is 0 Å². The predicted octanol–water partition coefficient (Wildman–Crippen LogP) is 7.03. The minimum Gasteiger partial charge on any atom is -0.491 e. The van der Waals surface area contributed by atoms with Gasteiger partial charge in [-0.1, -0.05) is 19.4 Å². The summed E-state index contributed by atoms with van der Waals surface area (Å²) in [4.78, 5) is 0. The maximum Gasteiger partial charge on any atom is 0.200 e. The first kappa shape index (κ1) is 23.9. The lowest BCUT2D eigenvalue weighted by molar-refractivity contribution is -0.0977. The van der Waals surface area contributed by atoms with Crippen LogP contribution in [0, 0.1) is 29.4 Å². The zero-order valence-electron chi connectivity index (χ0n) is 19.8. The molecule has 1 aromatic rings. The van der Waals surface area contributed by atoms with Gasteiger partial charge in [0.15, 0.2) is 11.6 Å². The van der Waals surface area contributed by atoms with Crippen molar-refractivity contribution >= 4 is 0 Å². The van der Waals surface area contributed by atoms with E-state index in [2.05, 4.69) is 6.92 Å². The lowest BCUT2D eigenvalue weighted by Gasteiger charge is -2.41. The highest BCUT2D eigenvalue weighted by molar-refractivity contribution is 5.33. The molecule has 4 unspecified atom stereocenters. The summed E-state index contributed by atoms with van der Waals surface area (Å²) in [6, 6.07) is 3.29. The summed E-state index contributed by atoms with van der Waals surface area (Å²) < 4.78 is 46.6. The van der Waals surface area contributed by atoms with Gasteiger partial charge in [-0.05, 0) is 100 Å². The molecule has 2 heterocycles. The minimum absolute atomic E-state index is 0.0110. The van der Waals surface area contributed by atoms with Crippen LogP contribution in [0.25, 0.3) is 0 Å². The van der Waals surface area contributed by atoms with Crippen molar-refractivity contribution in [1.82, 2.24) is 0 Å². The smallest absolute Gasteiger partial charge is 0.200 e. The van der Waals surface area contributed by atoms with E-state index in [1.54, 1.807) is 19.1 Å². The van der Waals surface area contributed by atoms with Gasteiger partial charge in [0.2, 0.25) is 5.82 Å². The van der Waals surface area contributed by atoms with Crippen molar-refractivity contribution in [3.63, 3.8) is 0 Å². The third-order valence-corrected chi connectivity index (χ3v) is 8.14. The molecular formula is C27H40F2O3. The van der Waals surface area contributed by atoms with Crippen LogP contribution < -0.4 is 4.74 Å².